The first-order valence-electron chi connectivity index (χ1n) is 9.03. The van der Waals surface area contributed by atoms with E-state index in [1.165, 1.54) is 30.1 Å². The largest absolute Gasteiger partial charge is 0.383 e. The molecule has 0 aromatic heterocycles. The first-order valence-corrected chi connectivity index (χ1v) is 9.03. The highest BCUT2D eigenvalue weighted by atomic mass is 16.6. The summed E-state index contributed by atoms with van der Waals surface area (Å²) in [5.41, 5.74) is 9.66. The quantitative estimate of drug-likeness (QED) is 0.591. The summed E-state index contributed by atoms with van der Waals surface area (Å²) >= 11 is 0. The van der Waals surface area contributed by atoms with E-state index in [1.54, 1.807) is 6.07 Å². The van der Waals surface area contributed by atoms with Gasteiger partial charge in [-0.1, -0.05) is 26.0 Å². The van der Waals surface area contributed by atoms with Gasteiger partial charge in [-0.15, -0.1) is 0 Å². The summed E-state index contributed by atoms with van der Waals surface area (Å²) in [6, 6.07) is 7.87. The smallest absolute Gasteiger partial charge is 0.269 e. The van der Waals surface area contributed by atoms with Crippen LogP contribution in [0.25, 0.3) is 0 Å². The molecule has 0 bridgehead atoms. The summed E-state index contributed by atoms with van der Waals surface area (Å²) < 4.78 is 0. The third-order valence-electron chi connectivity index (χ3n) is 5.06. The lowest BCUT2D eigenvalue weighted by Gasteiger charge is -2.43. The zero-order chi connectivity index (χ0) is 21.5. The number of carbonyl (C=O) groups is 2. The fraction of sp³-hybridized carbons (Fsp3) is 0.350. The number of carbonyl (C=O) groups excluding carboxylic acids is 2. The number of Topliss-reactive ketones (excluding diaryl/α,β-unsaturated/α-hetero) is 1. The Morgan fingerprint density at radius 1 is 1.41 bits per heavy atom. The molecular weight excluding hydrogens is 374 g/mol. The Hall–Kier alpha value is -3.67. The van der Waals surface area contributed by atoms with E-state index in [4.69, 9.17) is 5.73 Å². The van der Waals surface area contributed by atoms with Crippen molar-refractivity contribution in [3.8, 4) is 6.07 Å². The number of nitriles is 1. The molecule has 0 spiro atoms. The maximum atomic E-state index is 13.1. The van der Waals surface area contributed by atoms with Gasteiger partial charge in [-0.3, -0.25) is 25.1 Å². The molecule has 0 radical (unpaired) electrons. The fourth-order valence-corrected chi connectivity index (χ4v) is 3.95. The Balaban J connectivity index is 2.28. The van der Waals surface area contributed by atoms with Crippen LogP contribution in [0, 0.1) is 26.9 Å². The minimum absolute atomic E-state index is 0.00320. The lowest BCUT2D eigenvalue weighted by molar-refractivity contribution is -0.384. The lowest BCUT2D eigenvalue weighted by atomic mass is 9.69. The number of hydrogen-bond donors (Lipinski definition) is 2. The first-order chi connectivity index (χ1) is 13.6. The van der Waals surface area contributed by atoms with Crippen LogP contribution in [0.5, 0.6) is 0 Å². The SMILES string of the molecule is CC(=O)NN1C(N)=C(C#N)C(c2cccc([N+](=O)[O-])c2)C2=C1CC(C)(C)CC2=O. The number of hydrogen-bond acceptors (Lipinski definition) is 7. The standard InChI is InChI=1S/C20H21N5O4/c1-11(26)23-24-15-8-20(2,3)9-16(27)18(15)17(14(10-21)19(24)22)12-5-4-6-13(7-12)25(28)29/h4-7,17H,8-9,22H2,1-3H3,(H,23,26). The van der Waals surface area contributed by atoms with E-state index in [-0.39, 0.29) is 34.7 Å². The number of hydrazine groups is 1. The van der Waals surface area contributed by atoms with E-state index in [9.17, 15) is 25.0 Å². The molecule has 3 N–H and O–H groups in total. The lowest BCUT2D eigenvalue weighted by Crippen LogP contribution is -2.49. The number of ketones is 1. The number of nitrogens with one attached hydrogen (secondary N) is 1. The molecule has 1 aliphatic heterocycles. The topological polar surface area (TPSA) is 142 Å². The summed E-state index contributed by atoms with van der Waals surface area (Å²) in [5, 5.41) is 22.3. The molecule has 0 saturated heterocycles. The molecule has 1 aliphatic carbocycles. The molecule has 1 unspecified atom stereocenters. The predicted octanol–water partition coefficient (Wildman–Crippen LogP) is 2.38. The van der Waals surface area contributed by atoms with Crippen LogP contribution in [0.1, 0.15) is 45.1 Å². The minimum Gasteiger partial charge on any atom is -0.383 e. The molecule has 9 heteroatoms. The molecule has 150 valence electrons. The summed E-state index contributed by atoms with van der Waals surface area (Å²) in [7, 11) is 0. The summed E-state index contributed by atoms with van der Waals surface area (Å²) in [4.78, 5) is 35.6. The molecule has 29 heavy (non-hydrogen) atoms. The van der Waals surface area contributed by atoms with Gasteiger partial charge in [0.15, 0.2) is 5.78 Å². The molecule has 1 aromatic rings. The van der Waals surface area contributed by atoms with E-state index < -0.39 is 16.7 Å². The Kier molecular flexibility index (Phi) is 4.88. The maximum absolute atomic E-state index is 13.1. The van der Waals surface area contributed by atoms with Crippen molar-refractivity contribution in [3.63, 3.8) is 0 Å². The number of nitro groups is 1. The van der Waals surface area contributed by atoms with Crippen molar-refractivity contribution in [1.29, 1.82) is 5.26 Å². The number of rotatable bonds is 3. The highest BCUT2D eigenvalue weighted by molar-refractivity contribution is 6.00. The van der Waals surface area contributed by atoms with Crippen LogP contribution in [-0.2, 0) is 9.59 Å². The van der Waals surface area contributed by atoms with Crippen LogP contribution in [0.2, 0.25) is 0 Å². The summed E-state index contributed by atoms with van der Waals surface area (Å²) in [6.07, 6.45) is 0.697. The molecule has 0 saturated carbocycles. The number of non-ortho nitro benzene ring substituents is 1. The van der Waals surface area contributed by atoms with Crippen molar-refractivity contribution in [3.05, 3.63) is 62.6 Å². The molecule has 0 fully saturated rings. The predicted molar refractivity (Wildman–Crippen MR) is 103 cm³/mol. The van der Waals surface area contributed by atoms with Gasteiger partial charge in [0.2, 0.25) is 5.91 Å². The number of nitrogens with zero attached hydrogens (tertiary/aromatic N) is 3. The first kappa shape index (κ1) is 20.1. The molecule has 1 heterocycles. The van der Waals surface area contributed by atoms with Gasteiger partial charge in [0, 0.05) is 31.1 Å². The highest BCUT2D eigenvalue weighted by Crippen LogP contribution is 2.48. The van der Waals surface area contributed by atoms with Gasteiger partial charge in [0.05, 0.1) is 28.2 Å². The van der Waals surface area contributed by atoms with Crippen molar-refractivity contribution in [1.82, 2.24) is 10.4 Å². The van der Waals surface area contributed by atoms with Gasteiger partial charge in [-0.05, 0) is 17.4 Å². The van der Waals surface area contributed by atoms with Gasteiger partial charge in [0.1, 0.15) is 5.82 Å². The second-order valence-corrected chi connectivity index (χ2v) is 8.00. The van der Waals surface area contributed by atoms with Crippen LogP contribution >= 0.6 is 0 Å². The van der Waals surface area contributed by atoms with Gasteiger partial charge in [-0.25, -0.2) is 5.01 Å². The molecule has 1 aromatic carbocycles. The normalized spacial score (nSPS) is 20.8. The van der Waals surface area contributed by atoms with Gasteiger partial charge in [-0.2, -0.15) is 5.26 Å². The van der Waals surface area contributed by atoms with E-state index in [0.717, 1.165) is 0 Å². The minimum atomic E-state index is -0.830. The van der Waals surface area contributed by atoms with E-state index >= 15 is 0 Å². The van der Waals surface area contributed by atoms with Crippen molar-refractivity contribution in [2.75, 3.05) is 0 Å². The Morgan fingerprint density at radius 3 is 2.69 bits per heavy atom. The maximum Gasteiger partial charge on any atom is 0.269 e. The van der Waals surface area contributed by atoms with E-state index in [2.05, 4.69) is 5.43 Å². The third-order valence-corrected chi connectivity index (χ3v) is 5.06. The van der Waals surface area contributed by atoms with Crippen molar-refractivity contribution >= 4 is 17.4 Å². The summed E-state index contributed by atoms with van der Waals surface area (Å²) in [6.45, 7) is 5.17. The average molecular weight is 395 g/mol. The van der Waals surface area contributed by atoms with Crippen LogP contribution in [0.3, 0.4) is 0 Å². The van der Waals surface area contributed by atoms with Crippen LogP contribution in [-0.4, -0.2) is 21.6 Å². The van der Waals surface area contributed by atoms with Crippen LogP contribution in [0.4, 0.5) is 5.69 Å². The van der Waals surface area contributed by atoms with Gasteiger partial charge >= 0.3 is 0 Å². The highest BCUT2D eigenvalue weighted by Gasteiger charge is 2.44. The van der Waals surface area contributed by atoms with Crippen LogP contribution < -0.4 is 11.2 Å². The van der Waals surface area contributed by atoms with E-state index in [1.807, 2.05) is 19.9 Å². The number of nitro benzene ring substituents is 1. The fourth-order valence-electron chi connectivity index (χ4n) is 3.95. The number of allylic oxidation sites excluding steroid dienone is 3. The third kappa shape index (κ3) is 3.57. The molecule has 2 aliphatic rings. The van der Waals surface area contributed by atoms with Gasteiger partial charge in [0.25, 0.3) is 5.69 Å². The van der Waals surface area contributed by atoms with Crippen molar-refractivity contribution in [2.45, 2.75) is 39.5 Å². The molecular formula is C20H21N5O4. The zero-order valence-corrected chi connectivity index (χ0v) is 16.4. The Labute approximate surface area is 167 Å². The average Bonchev–Trinajstić information content (AvgIpc) is 2.62. The van der Waals surface area contributed by atoms with Crippen LogP contribution in [0.15, 0.2) is 46.9 Å². The second kappa shape index (κ2) is 7.05. The zero-order valence-electron chi connectivity index (χ0n) is 16.4. The number of nitrogens with two attached hydrogens (primary N) is 1. The van der Waals surface area contributed by atoms with Gasteiger partial charge < -0.3 is 5.73 Å². The van der Waals surface area contributed by atoms with E-state index in [0.29, 0.717) is 23.3 Å². The molecule has 3 rings (SSSR count). The molecule has 1 atom stereocenters. The molecule has 9 nitrogen and oxygen atoms in total. The summed E-state index contributed by atoms with van der Waals surface area (Å²) in [5.74, 6) is -1.41. The van der Waals surface area contributed by atoms with Crippen molar-refractivity contribution < 1.29 is 14.5 Å². The number of benzene rings is 1. The molecule has 1 amide bonds. The monoisotopic (exact) mass is 395 g/mol. The number of amides is 1. The second-order valence-electron chi connectivity index (χ2n) is 8.00. The Morgan fingerprint density at radius 2 is 2.10 bits per heavy atom. The van der Waals surface area contributed by atoms with Crippen molar-refractivity contribution in [2.24, 2.45) is 11.1 Å². The Bertz CT molecular complexity index is 1030.